The summed E-state index contributed by atoms with van der Waals surface area (Å²) in [6.45, 7) is 7.29. The van der Waals surface area contributed by atoms with Gasteiger partial charge in [-0.25, -0.2) is 0 Å². The highest BCUT2D eigenvalue weighted by Crippen LogP contribution is 2.18. The van der Waals surface area contributed by atoms with Gasteiger partial charge in [0, 0.05) is 26.2 Å². The molecular formula is C16H24N2O2. The standard InChI is InChI=1S/C16H24N2O2/c1-12(2)11-13-3-5-14(6-4-13)15(19)16(20)18-9-7-17-8-10-18/h3-6,12,15,17,19H,7-11H2,1-2H3. The first kappa shape index (κ1) is 15.0. The molecule has 110 valence electrons. The topological polar surface area (TPSA) is 52.6 Å². The van der Waals surface area contributed by atoms with Crippen LogP contribution in [0.1, 0.15) is 31.1 Å². The molecule has 4 heteroatoms. The molecule has 0 spiro atoms. The van der Waals surface area contributed by atoms with E-state index in [1.54, 1.807) is 4.90 Å². The van der Waals surface area contributed by atoms with Gasteiger partial charge in [0.25, 0.3) is 5.91 Å². The highest BCUT2D eigenvalue weighted by molar-refractivity contribution is 5.82. The summed E-state index contributed by atoms with van der Waals surface area (Å²) in [6, 6.07) is 7.73. The summed E-state index contributed by atoms with van der Waals surface area (Å²) in [6.07, 6.45) is -0.0246. The number of nitrogens with zero attached hydrogens (tertiary/aromatic N) is 1. The number of carbonyl (C=O) groups is 1. The average molecular weight is 276 g/mol. The van der Waals surface area contributed by atoms with Crippen LogP contribution in [-0.2, 0) is 11.2 Å². The van der Waals surface area contributed by atoms with Crippen LogP contribution in [0.3, 0.4) is 0 Å². The van der Waals surface area contributed by atoms with Gasteiger partial charge in [0.1, 0.15) is 0 Å². The fraction of sp³-hybridized carbons (Fsp3) is 0.562. The summed E-state index contributed by atoms with van der Waals surface area (Å²) in [5.74, 6) is 0.413. The number of piperazine rings is 1. The molecule has 1 heterocycles. The van der Waals surface area contributed by atoms with Gasteiger partial charge in [0.15, 0.2) is 6.10 Å². The van der Waals surface area contributed by atoms with Crippen molar-refractivity contribution < 1.29 is 9.90 Å². The first-order valence-electron chi connectivity index (χ1n) is 7.34. The first-order valence-corrected chi connectivity index (χ1v) is 7.34. The quantitative estimate of drug-likeness (QED) is 0.873. The summed E-state index contributed by atoms with van der Waals surface area (Å²) >= 11 is 0. The monoisotopic (exact) mass is 276 g/mol. The van der Waals surface area contributed by atoms with E-state index in [0.717, 1.165) is 19.5 Å². The van der Waals surface area contributed by atoms with E-state index in [9.17, 15) is 9.90 Å². The molecule has 1 unspecified atom stereocenters. The second kappa shape index (κ2) is 6.86. The maximum atomic E-state index is 12.2. The van der Waals surface area contributed by atoms with Crippen molar-refractivity contribution >= 4 is 5.91 Å². The first-order chi connectivity index (χ1) is 9.58. The van der Waals surface area contributed by atoms with E-state index >= 15 is 0 Å². The third-order valence-electron chi connectivity index (χ3n) is 3.60. The summed E-state index contributed by atoms with van der Waals surface area (Å²) in [4.78, 5) is 13.9. The minimum Gasteiger partial charge on any atom is -0.378 e. The predicted octanol–water partition coefficient (Wildman–Crippen LogP) is 1.35. The maximum absolute atomic E-state index is 12.2. The number of aliphatic hydroxyl groups excluding tert-OH is 1. The van der Waals surface area contributed by atoms with Crippen molar-refractivity contribution in [3.05, 3.63) is 35.4 Å². The SMILES string of the molecule is CC(C)Cc1ccc(C(O)C(=O)N2CCNCC2)cc1. The molecule has 2 rings (SSSR count). The summed E-state index contributed by atoms with van der Waals surface area (Å²) in [5, 5.41) is 13.4. The molecule has 1 saturated heterocycles. The van der Waals surface area contributed by atoms with Crippen LogP contribution in [0.2, 0.25) is 0 Å². The van der Waals surface area contributed by atoms with Crippen molar-refractivity contribution in [3.8, 4) is 0 Å². The van der Waals surface area contributed by atoms with Crippen molar-refractivity contribution in [3.63, 3.8) is 0 Å². The number of aliphatic hydroxyl groups is 1. The minimum atomic E-state index is -1.04. The highest BCUT2D eigenvalue weighted by atomic mass is 16.3. The van der Waals surface area contributed by atoms with Crippen LogP contribution in [0.5, 0.6) is 0 Å². The number of benzene rings is 1. The molecule has 1 aromatic carbocycles. The Morgan fingerprint density at radius 3 is 2.40 bits per heavy atom. The van der Waals surface area contributed by atoms with Crippen molar-refractivity contribution in [2.45, 2.75) is 26.4 Å². The van der Waals surface area contributed by atoms with Gasteiger partial charge in [0.2, 0.25) is 0 Å². The molecule has 2 N–H and O–H groups in total. The van der Waals surface area contributed by atoms with Gasteiger partial charge >= 0.3 is 0 Å². The van der Waals surface area contributed by atoms with Gasteiger partial charge in [-0.3, -0.25) is 4.79 Å². The van der Waals surface area contributed by atoms with Gasteiger partial charge in [-0.15, -0.1) is 0 Å². The highest BCUT2D eigenvalue weighted by Gasteiger charge is 2.24. The van der Waals surface area contributed by atoms with E-state index in [2.05, 4.69) is 19.2 Å². The molecule has 1 aliphatic rings. The molecule has 0 saturated carbocycles. The molecule has 4 nitrogen and oxygen atoms in total. The van der Waals surface area contributed by atoms with Crippen LogP contribution < -0.4 is 5.32 Å². The van der Waals surface area contributed by atoms with Crippen molar-refractivity contribution in [2.24, 2.45) is 5.92 Å². The largest absolute Gasteiger partial charge is 0.378 e. The Hall–Kier alpha value is -1.39. The van der Waals surface area contributed by atoms with Gasteiger partial charge in [0.05, 0.1) is 0 Å². The lowest BCUT2D eigenvalue weighted by Crippen LogP contribution is -2.48. The van der Waals surface area contributed by atoms with E-state index in [-0.39, 0.29) is 5.91 Å². The smallest absolute Gasteiger partial charge is 0.256 e. The zero-order valence-corrected chi connectivity index (χ0v) is 12.3. The minimum absolute atomic E-state index is 0.192. The Bertz CT molecular complexity index is 436. The molecule has 0 aromatic heterocycles. The van der Waals surface area contributed by atoms with Gasteiger partial charge in [-0.2, -0.15) is 0 Å². The second-order valence-corrected chi connectivity index (χ2v) is 5.82. The second-order valence-electron chi connectivity index (χ2n) is 5.82. The number of amides is 1. The molecule has 20 heavy (non-hydrogen) atoms. The van der Waals surface area contributed by atoms with E-state index in [1.165, 1.54) is 5.56 Å². The lowest BCUT2D eigenvalue weighted by atomic mass is 10.00. The molecule has 1 aromatic rings. The van der Waals surface area contributed by atoms with E-state index in [4.69, 9.17) is 0 Å². The van der Waals surface area contributed by atoms with Crippen LogP contribution in [-0.4, -0.2) is 42.1 Å². The fourth-order valence-corrected chi connectivity index (χ4v) is 2.51. The lowest BCUT2D eigenvalue weighted by Gasteiger charge is -2.29. The summed E-state index contributed by atoms with van der Waals surface area (Å²) < 4.78 is 0. The molecule has 0 radical (unpaired) electrons. The third kappa shape index (κ3) is 3.81. The molecule has 1 fully saturated rings. The van der Waals surface area contributed by atoms with E-state index < -0.39 is 6.10 Å². The van der Waals surface area contributed by atoms with Crippen LogP contribution in [0, 0.1) is 5.92 Å². The lowest BCUT2D eigenvalue weighted by molar-refractivity contribution is -0.141. The Labute approximate surface area is 120 Å². The molecular weight excluding hydrogens is 252 g/mol. The van der Waals surface area contributed by atoms with Crippen LogP contribution in [0.25, 0.3) is 0 Å². The predicted molar refractivity (Wildman–Crippen MR) is 79.4 cm³/mol. The average Bonchev–Trinajstić information content (AvgIpc) is 2.47. The van der Waals surface area contributed by atoms with Crippen molar-refractivity contribution in [1.82, 2.24) is 10.2 Å². The third-order valence-corrected chi connectivity index (χ3v) is 3.60. The summed E-state index contributed by atoms with van der Waals surface area (Å²) in [7, 11) is 0. The van der Waals surface area contributed by atoms with Gasteiger partial charge in [-0.05, 0) is 23.5 Å². The Kier molecular flexibility index (Phi) is 5.15. The zero-order valence-electron chi connectivity index (χ0n) is 12.3. The molecule has 1 aliphatic heterocycles. The van der Waals surface area contributed by atoms with Crippen LogP contribution in [0.15, 0.2) is 24.3 Å². The van der Waals surface area contributed by atoms with E-state index in [0.29, 0.717) is 24.6 Å². The molecule has 0 aliphatic carbocycles. The Morgan fingerprint density at radius 1 is 1.25 bits per heavy atom. The number of hydrogen-bond acceptors (Lipinski definition) is 3. The Balaban J connectivity index is 2.00. The van der Waals surface area contributed by atoms with Crippen LogP contribution in [0.4, 0.5) is 0 Å². The van der Waals surface area contributed by atoms with Crippen molar-refractivity contribution in [1.29, 1.82) is 0 Å². The zero-order chi connectivity index (χ0) is 14.5. The normalized spacial score (nSPS) is 17.3. The van der Waals surface area contributed by atoms with Gasteiger partial charge in [-0.1, -0.05) is 38.1 Å². The molecule has 0 bridgehead atoms. The van der Waals surface area contributed by atoms with E-state index in [1.807, 2.05) is 24.3 Å². The number of rotatable bonds is 4. The van der Waals surface area contributed by atoms with Crippen LogP contribution >= 0.6 is 0 Å². The molecule has 1 atom stereocenters. The number of hydrogen-bond donors (Lipinski definition) is 2. The Morgan fingerprint density at radius 2 is 1.85 bits per heavy atom. The number of carbonyl (C=O) groups excluding carboxylic acids is 1. The maximum Gasteiger partial charge on any atom is 0.256 e. The van der Waals surface area contributed by atoms with Gasteiger partial charge < -0.3 is 15.3 Å². The fourth-order valence-electron chi connectivity index (χ4n) is 2.51. The number of nitrogens with one attached hydrogen (secondary N) is 1. The van der Waals surface area contributed by atoms with Crippen molar-refractivity contribution in [2.75, 3.05) is 26.2 Å². The summed E-state index contributed by atoms with van der Waals surface area (Å²) in [5.41, 5.74) is 1.92. The molecule has 1 amide bonds.